The highest BCUT2D eigenvalue weighted by molar-refractivity contribution is 5.81. The quantitative estimate of drug-likeness (QED) is 0.729. The highest BCUT2D eigenvalue weighted by atomic mass is 16.6. The van der Waals surface area contributed by atoms with Crippen molar-refractivity contribution in [1.29, 1.82) is 0 Å². The zero-order valence-corrected chi connectivity index (χ0v) is 17.6. The zero-order chi connectivity index (χ0) is 21.0. The number of carbonyl (C=O) groups excluding carboxylic acids is 3. The number of rotatable bonds is 4. The molecule has 9 nitrogen and oxygen atoms in total. The standard InChI is InChI=1S/C20H33N3O6/c1-20(2,3)29-19(26)22-6-7-23(18(25)15-5-9-28-13-15)16(11-22)10-21-17(24)14-4-8-27-12-14/h14-16H,4-13H2,1-3H3,(H,21,24)/t14-,15-,16+/m1/s1. The van der Waals surface area contributed by atoms with E-state index in [0.29, 0.717) is 65.4 Å². The highest BCUT2D eigenvalue weighted by Crippen LogP contribution is 2.21. The summed E-state index contributed by atoms with van der Waals surface area (Å²) in [6, 6.07) is -0.296. The largest absolute Gasteiger partial charge is 0.444 e. The number of ether oxygens (including phenoxy) is 3. The fourth-order valence-corrected chi connectivity index (χ4v) is 3.88. The zero-order valence-electron chi connectivity index (χ0n) is 17.6. The Bertz CT molecular complexity index is 608. The van der Waals surface area contributed by atoms with E-state index in [9.17, 15) is 14.4 Å². The van der Waals surface area contributed by atoms with Gasteiger partial charge < -0.3 is 29.3 Å². The van der Waals surface area contributed by atoms with E-state index < -0.39 is 11.7 Å². The minimum absolute atomic E-state index is 0.0368. The highest BCUT2D eigenvalue weighted by Gasteiger charge is 2.38. The molecule has 0 aromatic carbocycles. The Kier molecular flexibility index (Phi) is 7.00. The van der Waals surface area contributed by atoms with Gasteiger partial charge in [-0.05, 0) is 33.6 Å². The molecule has 9 heteroatoms. The molecule has 0 aromatic heterocycles. The van der Waals surface area contributed by atoms with Crippen molar-refractivity contribution < 1.29 is 28.6 Å². The van der Waals surface area contributed by atoms with Crippen LogP contribution in [-0.4, -0.2) is 92.0 Å². The van der Waals surface area contributed by atoms with E-state index in [-0.39, 0.29) is 29.7 Å². The van der Waals surface area contributed by atoms with Gasteiger partial charge in [0.15, 0.2) is 0 Å². The van der Waals surface area contributed by atoms with Gasteiger partial charge in [-0.3, -0.25) is 9.59 Å². The maximum absolute atomic E-state index is 13.0. The summed E-state index contributed by atoms with van der Waals surface area (Å²) < 4.78 is 16.1. The average Bonchev–Trinajstić information content (AvgIpc) is 3.37. The molecular formula is C20H33N3O6. The monoisotopic (exact) mass is 411 g/mol. The molecule has 0 spiro atoms. The van der Waals surface area contributed by atoms with Gasteiger partial charge in [-0.25, -0.2) is 4.79 Å². The molecule has 0 bridgehead atoms. The Morgan fingerprint density at radius 3 is 2.28 bits per heavy atom. The average molecular weight is 411 g/mol. The molecule has 1 N–H and O–H groups in total. The van der Waals surface area contributed by atoms with Crippen LogP contribution in [0, 0.1) is 11.8 Å². The van der Waals surface area contributed by atoms with Crippen LogP contribution < -0.4 is 5.32 Å². The van der Waals surface area contributed by atoms with Crippen molar-refractivity contribution in [3.8, 4) is 0 Å². The third-order valence-electron chi connectivity index (χ3n) is 5.51. The lowest BCUT2D eigenvalue weighted by molar-refractivity contribution is -0.141. The Morgan fingerprint density at radius 1 is 1.03 bits per heavy atom. The Hall–Kier alpha value is -1.87. The minimum atomic E-state index is -0.586. The lowest BCUT2D eigenvalue weighted by Crippen LogP contribution is -2.61. The van der Waals surface area contributed by atoms with Crippen molar-refractivity contribution in [2.45, 2.75) is 45.3 Å². The van der Waals surface area contributed by atoms with Crippen LogP contribution in [0.2, 0.25) is 0 Å². The smallest absolute Gasteiger partial charge is 0.410 e. The first-order valence-corrected chi connectivity index (χ1v) is 10.5. The maximum Gasteiger partial charge on any atom is 0.410 e. The van der Waals surface area contributed by atoms with Crippen LogP contribution in [0.4, 0.5) is 4.79 Å². The first-order valence-electron chi connectivity index (χ1n) is 10.5. The number of hydrogen-bond acceptors (Lipinski definition) is 6. The van der Waals surface area contributed by atoms with Gasteiger partial charge >= 0.3 is 6.09 Å². The van der Waals surface area contributed by atoms with E-state index in [1.165, 1.54) is 0 Å². The third kappa shape index (κ3) is 5.82. The minimum Gasteiger partial charge on any atom is -0.444 e. The first kappa shape index (κ1) is 21.8. The van der Waals surface area contributed by atoms with E-state index >= 15 is 0 Å². The van der Waals surface area contributed by atoms with Gasteiger partial charge in [0.25, 0.3) is 0 Å². The molecule has 3 aliphatic heterocycles. The molecule has 0 radical (unpaired) electrons. The van der Waals surface area contributed by atoms with Gasteiger partial charge in [0.1, 0.15) is 5.60 Å². The number of nitrogens with zero attached hydrogens (tertiary/aromatic N) is 2. The predicted molar refractivity (Wildman–Crippen MR) is 104 cm³/mol. The second-order valence-electron chi connectivity index (χ2n) is 8.98. The molecule has 3 fully saturated rings. The van der Waals surface area contributed by atoms with Gasteiger partial charge in [0.2, 0.25) is 11.8 Å². The van der Waals surface area contributed by atoms with Crippen molar-refractivity contribution in [3.05, 3.63) is 0 Å². The molecule has 3 aliphatic rings. The van der Waals surface area contributed by atoms with Crippen molar-refractivity contribution in [1.82, 2.24) is 15.1 Å². The van der Waals surface area contributed by atoms with Crippen LogP contribution in [-0.2, 0) is 23.8 Å². The van der Waals surface area contributed by atoms with Gasteiger partial charge in [-0.15, -0.1) is 0 Å². The molecule has 164 valence electrons. The molecule has 0 unspecified atom stereocenters. The normalized spacial score (nSPS) is 27.8. The second-order valence-corrected chi connectivity index (χ2v) is 8.98. The van der Waals surface area contributed by atoms with Crippen molar-refractivity contribution in [2.24, 2.45) is 11.8 Å². The number of hydrogen-bond donors (Lipinski definition) is 1. The van der Waals surface area contributed by atoms with E-state index in [1.54, 1.807) is 9.80 Å². The molecule has 3 rings (SSSR count). The van der Waals surface area contributed by atoms with Crippen molar-refractivity contribution in [3.63, 3.8) is 0 Å². The molecule has 29 heavy (non-hydrogen) atoms. The summed E-state index contributed by atoms with van der Waals surface area (Å²) in [5, 5.41) is 2.95. The predicted octanol–water partition coefficient (Wildman–Crippen LogP) is 0.624. The van der Waals surface area contributed by atoms with Crippen LogP contribution in [0.3, 0.4) is 0 Å². The Balaban J connectivity index is 1.64. The SMILES string of the molecule is CC(C)(C)OC(=O)N1CCN(C(=O)[C@@H]2CCOC2)[C@@H](CNC(=O)[C@@H]2CCOC2)C1. The Labute approximate surface area is 172 Å². The first-order chi connectivity index (χ1) is 13.7. The van der Waals surface area contributed by atoms with E-state index in [4.69, 9.17) is 14.2 Å². The van der Waals surface area contributed by atoms with Crippen LogP contribution in [0.15, 0.2) is 0 Å². The summed E-state index contributed by atoms with van der Waals surface area (Å²) >= 11 is 0. The summed E-state index contributed by atoms with van der Waals surface area (Å²) in [6.07, 6.45) is 1.03. The summed E-state index contributed by atoms with van der Waals surface area (Å²) in [5.74, 6) is -0.319. The molecule has 3 heterocycles. The van der Waals surface area contributed by atoms with Crippen LogP contribution in [0.5, 0.6) is 0 Å². The lowest BCUT2D eigenvalue weighted by Gasteiger charge is -2.42. The second kappa shape index (κ2) is 9.30. The molecule has 0 aromatic rings. The summed E-state index contributed by atoms with van der Waals surface area (Å²) in [4.78, 5) is 41.3. The van der Waals surface area contributed by atoms with Gasteiger partial charge in [-0.1, -0.05) is 0 Å². The van der Waals surface area contributed by atoms with Crippen LogP contribution in [0.25, 0.3) is 0 Å². The van der Waals surface area contributed by atoms with Crippen LogP contribution >= 0.6 is 0 Å². The fraction of sp³-hybridized carbons (Fsp3) is 0.850. The van der Waals surface area contributed by atoms with Crippen LogP contribution in [0.1, 0.15) is 33.6 Å². The van der Waals surface area contributed by atoms with E-state index in [2.05, 4.69) is 5.32 Å². The van der Waals surface area contributed by atoms with E-state index in [1.807, 2.05) is 20.8 Å². The van der Waals surface area contributed by atoms with Gasteiger partial charge in [-0.2, -0.15) is 0 Å². The van der Waals surface area contributed by atoms with Gasteiger partial charge in [0.05, 0.1) is 31.1 Å². The summed E-state index contributed by atoms with van der Waals surface area (Å²) in [5.41, 5.74) is -0.586. The molecule has 0 aliphatic carbocycles. The molecule has 3 amide bonds. The summed E-state index contributed by atoms with van der Waals surface area (Å²) in [7, 11) is 0. The number of amides is 3. The number of piperazine rings is 1. The van der Waals surface area contributed by atoms with Crippen molar-refractivity contribution >= 4 is 17.9 Å². The topological polar surface area (TPSA) is 97.4 Å². The maximum atomic E-state index is 13.0. The molecule has 3 saturated heterocycles. The van der Waals surface area contributed by atoms with E-state index in [0.717, 1.165) is 0 Å². The Morgan fingerprint density at radius 2 is 1.69 bits per heavy atom. The fourth-order valence-electron chi connectivity index (χ4n) is 3.88. The number of nitrogens with one attached hydrogen (secondary N) is 1. The van der Waals surface area contributed by atoms with Gasteiger partial charge in [0, 0.05) is 39.4 Å². The van der Waals surface area contributed by atoms with Crippen molar-refractivity contribution in [2.75, 3.05) is 52.6 Å². The third-order valence-corrected chi connectivity index (χ3v) is 5.51. The number of carbonyl (C=O) groups is 3. The summed E-state index contributed by atoms with van der Waals surface area (Å²) in [6.45, 7) is 8.99. The lowest BCUT2D eigenvalue weighted by atomic mass is 10.0. The molecule has 0 saturated carbocycles. The molecular weight excluding hydrogens is 378 g/mol. The molecule has 3 atom stereocenters.